The molecular weight excluding hydrogens is 446 g/mol. The molecule has 0 spiro atoms. The Bertz CT molecular complexity index is 735. The van der Waals surface area contributed by atoms with Crippen molar-refractivity contribution in [2.24, 2.45) is 0 Å². The normalized spacial score (nSPS) is 13.3. The van der Waals surface area contributed by atoms with Gasteiger partial charge in [0.25, 0.3) is 0 Å². The number of nitrogens with zero attached hydrogens (tertiary/aromatic N) is 1. The van der Waals surface area contributed by atoms with Gasteiger partial charge in [-0.3, -0.25) is 0 Å². The first-order chi connectivity index (χ1) is 15.4. The standard InChI is InChI=1S/C18H28O3S.C6H9NO2S/c1-3-4-5-6-7-8-11-22(19)15(2)12-16-9-10-17-18(13-16)21-14-20-17;1-3-4-5-10-7(2)6(8)9/h9-10,13,15H,3-8,11-12,14H2,1-2H3;3H2,1-2H3,(H,8,9). The monoisotopic (exact) mass is 483 g/mol. The predicted molar refractivity (Wildman–Crippen MR) is 134 cm³/mol. The summed E-state index contributed by atoms with van der Waals surface area (Å²) in [7, 11) is 1.46. The molecule has 180 valence electrons. The van der Waals surface area contributed by atoms with Crippen molar-refractivity contribution in [3.8, 4) is 22.7 Å². The van der Waals surface area contributed by atoms with Crippen molar-refractivity contribution in [3.63, 3.8) is 0 Å². The largest absolute Gasteiger partial charge is 0.616 e. The van der Waals surface area contributed by atoms with Crippen LogP contribution in [0.15, 0.2) is 18.2 Å². The highest BCUT2D eigenvalue weighted by atomic mass is 32.2. The maximum absolute atomic E-state index is 12.3. The van der Waals surface area contributed by atoms with Crippen LogP contribution in [0, 0.1) is 11.2 Å². The van der Waals surface area contributed by atoms with Gasteiger partial charge >= 0.3 is 6.09 Å². The molecule has 32 heavy (non-hydrogen) atoms. The number of benzene rings is 1. The number of carbonyl (C=O) groups is 1. The van der Waals surface area contributed by atoms with Gasteiger partial charge < -0.3 is 19.1 Å². The van der Waals surface area contributed by atoms with Gasteiger partial charge in [0.1, 0.15) is 11.0 Å². The highest BCUT2D eigenvalue weighted by Gasteiger charge is 2.19. The lowest BCUT2D eigenvalue weighted by molar-refractivity contribution is 0.174. The van der Waals surface area contributed by atoms with Gasteiger partial charge in [-0.05, 0) is 42.7 Å². The summed E-state index contributed by atoms with van der Waals surface area (Å²) in [5.74, 6) is 5.19. The zero-order valence-electron chi connectivity index (χ0n) is 19.7. The Labute approximate surface area is 200 Å². The van der Waals surface area contributed by atoms with E-state index in [2.05, 4.69) is 25.0 Å². The third-order valence-corrected chi connectivity index (χ3v) is 7.23. The molecule has 0 bridgehead atoms. The van der Waals surface area contributed by atoms with Crippen molar-refractivity contribution in [1.82, 2.24) is 4.31 Å². The van der Waals surface area contributed by atoms with Crippen molar-refractivity contribution < 1.29 is 23.9 Å². The number of unbranched alkanes of at least 4 members (excludes halogenated alkanes) is 5. The number of carboxylic acid groups (broad SMARTS) is 1. The van der Waals surface area contributed by atoms with Crippen molar-refractivity contribution in [1.29, 1.82) is 0 Å². The quantitative estimate of drug-likeness (QED) is 0.178. The predicted octanol–water partition coefficient (Wildman–Crippen LogP) is 6.07. The van der Waals surface area contributed by atoms with Gasteiger partial charge in [0.2, 0.25) is 6.79 Å². The Morgan fingerprint density at radius 3 is 2.59 bits per heavy atom. The topological polar surface area (TPSA) is 82.1 Å². The van der Waals surface area contributed by atoms with Gasteiger partial charge in [-0.1, -0.05) is 62.7 Å². The summed E-state index contributed by atoms with van der Waals surface area (Å²) in [6, 6.07) is 6.01. The lowest BCUT2D eigenvalue weighted by Gasteiger charge is -2.18. The molecule has 2 unspecified atom stereocenters. The smallest absolute Gasteiger partial charge is 0.417 e. The van der Waals surface area contributed by atoms with Gasteiger partial charge in [0.05, 0.1) is 0 Å². The lowest BCUT2D eigenvalue weighted by atomic mass is 10.1. The van der Waals surface area contributed by atoms with E-state index in [1.807, 2.05) is 25.1 Å². The summed E-state index contributed by atoms with van der Waals surface area (Å²) in [5.41, 5.74) is 1.17. The summed E-state index contributed by atoms with van der Waals surface area (Å²) in [4.78, 5) is 10.1. The molecule has 0 aliphatic carbocycles. The number of ether oxygens (including phenoxy) is 2. The number of hydrogen-bond donors (Lipinski definition) is 1. The molecule has 1 aromatic carbocycles. The fourth-order valence-electron chi connectivity index (χ4n) is 2.93. The summed E-state index contributed by atoms with van der Waals surface area (Å²) in [6.45, 7) is 6.53. The SMILES string of the molecule is CCC#CSN(C)C(=O)O.CCCCCCCC[S+]([O-])C(C)Cc1ccc2c(c1)OCO2. The van der Waals surface area contributed by atoms with E-state index in [1.165, 1.54) is 44.7 Å². The van der Waals surface area contributed by atoms with E-state index in [9.17, 15) is 9.35 Å². The molecule has 8 heteroatoms. The fraction of sp³-hybridized carbons (Fsp3) is 0.625. The molecule has 0 saturated carbocycles. The fourth-order valence-corrected chi connectivity index (χ4v) is 4.62. The van der Waals surface area contributed by atoms with Gasteiger partial charge in [-0.15, -0.1) is 0 Å². The number of hydrogen-bond acceptors (Lipinski definition) is 5. The summed E-state index contributed by atoms with van der Waals surface area (Å²) in [6.07, 6.45) is 8.10. The molecule has 1 aliphatic rings. The molecule has 2 atom stereocenters. The Balaban J connectivity index is 0.000000433. The molecule has 1 aromatic rings. The van der Waals surface area contributed by atoms with E-state index in [0.29, 0.717) is 6.79 Å². The highest BCUT2D eigenvalue weighted by molar-refractivity contribution is 8.02. The molecule has 2 rings (SSSR count). The lowest BCUT2D eigenvalue weighted by Crippen LogP contribution is -2.23. The average Bonchev–Trinajstić information content (AvgIpc) is 3.24. The van der Waals surface area contributed by atoms with Crippen molar-refractivity contribution in [3.05, 3.63) is 23.8 Å². The zero-order valence-corrected chi connectivity index (χ0v) is 21.4. The first kappa shape index (κ1) is 28.3. The Morgan fingerprint density at radius 1 is 1.22 bits per heavy atom. The molecule has 0 fully saturated rings. The van der Waals surface area contributed by atoms with Crippen LogP contribution in [0.5, 0.6) is 11.5 Å². The molecule has 1 amide bonds. The molecule has 0 radical (unpaired) electrons. The third kappa shape index (κ3) is 11.8. The van der Waals surface area contributed by atoms with E-state index in [-0.39, 0.29) is 5.25 Å². The molecule has 1 heterocycles. The van der Waals surface area contributed by atoms with Crippen LogP contribution in [0.3, 0.4) is 0 Å². The first-order valence-corrected chi connectivity index (χ1v) is 13.4. The van der Waals surface area contributed by atoms with Crippen LogP contribution in [0.4, 0.5) is 4.79 Å². The van der Waals surface area contributed by atoms with Crippen LogP contribution in [0.25, 0.3) is 0 Å². The van der Waals surface area contributed by atoms with Crippen LogP contribution in [-0.4, -0.2) is 44.9 Å². The van der Waals surface area contributed by atoms with Gasteiger partial charge in [0.15, 0.2) is 11.5 Å². The Kier molecular flexibility index (Phi) is 14.9. The molecule has 1 aliphatic heterocycles. The second-order valence-electron chi connectivity index (χ2n) is 7.56. The van der Waals surface area contributed by atoms with Crippen LogP contribution in [0.2, 0.25) is 0 Å². The van der Waals surface area contributed by atoms with E-state index in [1.54, 1.807) is 0 Å². The summed E-state index contributed by atoms with van der Waals surface area (Å²) >= 11 is 0.239. The maximum atomic E-state index is 12.3. The molecule has 0 aromatic heterocycles. The minimum Gasteiger partial charge on any atom is -0.616 e. The van der Waals surface area contributed by atoms with Crippen LogP contribution in [-0.2, 0) is 17.6 Å². The van der Waals surface area contributed by atoms with Gasteiger partial charge in [-0.2, -0.15) is 0 Å². The summed E-state index contributed by atoms with van der Waals surface area (Å²) < 4.78 is 24.1. The molecule has 6 nitrogen and oxygen atoms in total. The molecule has 0 saturated heterocycles. The second kappa shape index (κ2) is 16.9. The number of rotatable bonds is 11. The van der Waals surface area contributed by atoms with Crippen molar-refractivity contribution in [2.75, 3.05) is 19.6 Å². The summed E-state index contributed by atoms with van der Waals surface area (Å²) in [5, 5.41) is 11.1. The molecular formula is C24H37NO5S2. The zero-order chi connectivity index (χ0) is 23.8. The third-order valence-electron chi connectivity index (χ3n) is 4.81. The van der Waals surface area contributed by atoms with Crippen LogP contribution in [0.1, 0.15) is 71.3 Å². The number of amides is 1. The minimum atomic E-state index is -0.976. The average molecular weight is 484 g/mol. The van der Waals surface area contributed by atoms with Crippen LogP contribution >= 0.6 is 11.9 Å². The Morgan fingerprint density at radius 2 is 1.91 bits per heavy atom. The maximum Gasteiger partial charge on any atom is 0.417 e. The van der Waals surface area contributed by atoms with E-state index >= 15 is 0 Å². The van der Waals surface area contributed by atoms with Gasteiger partial charge in [0, 0.05) is 31.8 Å². The van der Waals surface area contributed by atoms with E-state index in [4.69, 9.17) is 14.6 Å². The van der Waals surface area contributed by atoms with Gasteiger partial charge in [-0.25, -0.2) is 9.10 Å². The molecule has 1 N–H and O–H groups in total. The van der Waals surface area contributed by atoms with E-state index < -0.39 is 17.3 Å². The first-order valence-electron chi connectivity index (χ1n) is 11.3. The Hall–Kier alpha value is -1.69. The number of fused-ring (bicyclic) bond motifs is 1. The minimum absolute atomic E-state index is 0.191. The second-order valence-corrected chi connectivity index (χ2v) is 10.5. The van der Waals surface area contributed by atoms with E-state index in [0.717, 1.165) is 52.8 Å². The van der Waals surface area contributed by atoms with Crippen molar-refractivity contribution in [2.45, 2.75) is 77.4 Å². The highest BCUT2D eigenvalue weighted by Crippen LogP contribution is 2.33. The van der Waals surface area contributed by atoms with Crippen LogP contribution < -0.4 is 9.47 Å². The van der Waals surface area contributed by atoms with Crippen molar-refractivity contribution >= 4 is 29.2 Å².